The SMILES string of the molecule is CCCCc1c(Cc2ccc(-c3ccccc3-c3nn[nH]n3)cc2)c(=O)n2n1CCCC2C(CC)(CC)C(=O)O. The third kappa shape index (κ3) is 4.78. The maximum Gasteiger partial charge on any atom is 0.311 e. The standard InChI is InChI=1S/C31H38N6O3/c1-4-7-13-26-25(29(38)37-27(14-10-19-36(26)37)31(5-2,6-3)30(39)40)20-21-15-17-22(18-16-21)23-11-8-9-12-24(23)28-32-34-35-33-28/h8-9,11-12,15-18,27H,4-7,10,13-14,19-20H2,1-3H3,(H,39,40)(H,32,33,34,35). The molecule has 3 heterocycles. The van der Waals surface area contributed by atoms with E-state index in [1.165, 1.54) is 0 Å². The Labute approximate surface area is 234 Å². The second-order valence-corrected chi connectivity index (χ2v) is 10.8. The van der Waals surface area contributed by atoms with Gasteiger partial charge in [-0.2, -0.15) is 5.21 Å². The number of unbranched alkanes of at least 4 members (excludes halogenated alkanes) is 1. The molecule has 1 aliphatic rings. The number of H-pyrrole nitrogens is 1. The fourth-order valence-corrected chi connectivity index (χ4v) is 6.46. The molecule has 2 aromatic carbocycles. The number of carbonyl (C=O) groups is 1. The number of nitrogens with one attached hydrogen (secondary N) is 1. The molecule has 0 fully saturated rings. The van der Waals surface area contributed by atoms with E-state index in [0.717, 1.165) is 65.7 Å². The van der Waals surface area contributed by atoms with Gasteiger partial charge in [-0.1, -0.05) is 75.7 Å². The Hall–Kier alpha value is -4.01. The van der Waals surface area contributed by atoms with Crippen LogP contribution in [0.4, 0.5) is 0 Å². The minimum Gasteiger partial charge on any atom is -0.481 e. The van der Waals surface area contributed by atoms with Crippen LogP contribution in [0.15, 0.2) is 53.3 Å². The summed E-state index contributed by atoms with van der Waals surface area (Å²) in [5, 5.41) is 24.8. The lowest BCUT2D eigenvalue weighted by molar-refractivity contribution is -0.154. The second kappa shape index (κ2) is 11.6. The quantitative estimate of drug-likeness (QED) is 0.253. The van der Waals surface area contributed by atoms with Crippen molar-refractivity contribution in [2.24, 2.45) is 5.41 Å². The molecule has 1 aliphatic heterocycles. The number of nitrogens with zero attached hydrogens (tertiary/aromatic N) is 5. The minimum absolute atomic E-state index is 0.0325. The summed E-state index contributed by atoms with van der Waals surface area (Å²) in [7, 11) is 0. The van der Waals surface area contributed by atoms with Gasteiger partial charge >= 0.3 is 5.97 Å². The summed E-state index contributed by atoms with van der Waals surface area (Å²) < 4.78 is 3.94. The van der Waals surface area contributed by atoms with E-state index in [9.17, 15) is 14.7 Å². The van der Waals surface area contributed by atoms with Crippen LogP contribution in [0.5, 0.6) is 0 Å². The predicted molar refractivity (Wildman–Crippen MR) is 154 cm³/mol. The van der Waals surface area contributed by atoms with Gasteiger partial charge in [0.05, 0.1) is 11.5 Å². The Morgan fingerprint density at radius 3 is 2.42 bits per heavy atom. The average Bonchev–Trinajstić information content (AvgIpc) is 3.61. The fraction of sp³-hybridized carbons (Fsp3) is 0.452. The summed E-state index contributed by atoms with van der Waals surface area (Å²) in [4.78, 5) is 26.7. The Kier molecular flexibility index (Phi) is 8.00. The summed E-state index contributed by atoms with van der Waals surface area (Å²) in [6.45, 7) is 6.77. The Bertz CT molecular complexity index is 1510. The topological polar surface area (TPSA) is 119 Å². The molecule has 0 aliphatic carbocycles. The van der Waals surface area contributed by atoms with E-state index >= 15 is 0 Å². The molecule has 2 aromatic heterocycles. The first-order valence-electron chi connectivity index (χ1n) is 14.4. The molecule has 0 saturated carbocycles. The Morgan fingerprint density at radius 1 is 1.07 bits per heavy atom. The molecular weight excluding hydrogens is 504 g/mol. The molecule has 0 radical (unpaired) electrons. The van der Waals surface area contributed by atoms with E-state index in [4.69, 9.17) is 0 Å². The van der Waals surface area contributed by atoms with Crippen LogP contribution < -0.4 is 5.56 Å². The van der Waals surface area contributed by atoms with Crippen LogP contribution in [0, 0.1) is 5.41 Å². The van der Waals surface area contributed by atoms with Crippen molar-refractivity contribution < 1.29 is 9.90 Å². The average molecular weight is 543 g/mol. The molecule has 9 heteroatoms. The van der Waals surface area contributed by atoms with Crippen molar-refractivity contribution >= 4 is 5.97 Å². The van der Waals surface area contributed by atoms with Crippen molar-refractivity contribution in [2.75, 3.05) is 0 Å². The number of aromatic nitrogens is 6. The predicted octanol–water partition coefficient (Wildman–Crippen LogP) is 5.66. The summed E-state index contributed by atoms with van der Waals surface area (Å²) >= 11 is 0. The van der Waals surface area contributed by atoms with Crippen molar-refractivity contribution in [3.63, 3.8) is 0 Å². The van der Waals surface area contributed by atoms with Gasteiger partial charge in [-0.25, -0.2) is 4.68 Å². The molecule has 1 unspecified atom stereocenters. The van der Waals surface area contributed by atoms with Gasteiger partial charge in [0.25, 0.3) is 5.56 Å². The van der Waals surface area contributed by atoms with Gasteiger partial charge in [-0.15, -0.1) is 10.2 Å². The van der Waals surface area contributed by atoms with Gasteiger partial charge in [-0.3, -0.25) is 14.3 Å². The smallest absolute Gasteiger partial charge is 0.311 e. The fourth-order valence-electron chi connectivity index (χ4n) is 6.46. The first-order chi connectivity index (χ1) is 19.4. The number of tetrazole rings is 1. The van der Waals surface area contributed by atoms with Crippen LogP contribution in [-0.4, -0.2) is 41.1 Å². The zero-order chi connectivity index (χ0) is 28.3. The Balaban J connectivity index is 1.53. The van der Waals surface area contributed by atoms with Crippen LogP contribution in [-0.2, 0) is 24.2 Å². The Morgan fingerprint density at radius 2 is 1.80 bits per heavy atom. The van der Waals surface area contributed by atoms with Crippen LogP contribution in [0.3, 0.4) is 0 Å². The molecule has 1 atom stereocenters. The number of carboxylic acids is 1. The zero-order valence-corrected chi connectivity index (χ0v) is 23.6. The third-order valence-corrected chi connectivity index (χ3v) is 8.78. The molecule has 0 spiro atoms. The summed E-state index contributed by atoms with van der Waals surface area (Å²) in [6, 6.07) is 15.9. The van der Waals surface area contributed by atoms with E-state index in [2.05, 4.69) is 56.5 Å². The molecule has 4 aromatic rings. The van der Waals surface area contributed by atoms with Gasteiger partial charge in [0.2, 0.25) is 5.82 Å². The highest BCUT2D eigenvalue weighted by Gasteiger charge is 2.47. The van der Waals surface area contributed by atoms with Gasteiger partial charge in [-0.05, 0) is 60.4 Å². The molecular formula is C31H38N6O3. The second-order valence-electron chi connectivity index (χ2n) is 10.8. The summed E-state index contributed by atoms with van der Waals surface area (Å²) in [6.07, 6.45) is 5.91. The van der Waals surface area contributed by atoms with Crippen molar-refractivity contribution in [3.05, 3.63) is 75.7 Å². The number of carboxylic acid groups (broad SMARTS) is 1. The van der Waals surface area contributed by atoms with Crippen molar-refractivity contribution in [1.82, 2.24) is 30.0 Å². The van der Waals surface area contributed by atoms with Crippen molar-refractivity contribution in [3.8, 4) is 22.5 Å². The lowest BCUT2D eigenvalue weighted by Gasteiger charge is -2.40. The first kappa shape index (κ1) is 27.6. The lowest BCUT2D eigenvalue weighted by Crippen LogP contribution is -2.46. The van der Waals surface area contributed by atoms with Crippen LogP contribution in [0.1, 0.15) is 82.2 Å². The van der Waals surface area contributed by atoms with E-state index in [-0.39, 0.29) is 11.6 Å². The molecule has 0 amide bonds. The largest absolute Gasteiger partial charge is 0.481 e. The minimum atomic E-state index is -0.951. The number of rotatable bonds is 11. The van der Waals surface area contributed by atoms with E-state index in [0.29, 0.717) is 31.5 Å². The first-order valence-corrected chi connectivity index (χ1v) is 14.4. The van der Waals surface area contributed by atoms with E-state index in [1.54, 1.807) is 0 Å². The van der Waals surface area contributed by atoms with Crippen LogP contribution >= 0.6 is 0 Å². The van der Waals surface area contributed by atoms with Crippen molar-refractivity contribution in [1.29, 1.82) is 0 Å². The molecule has 0 bridgehead atoms. The maximum atomic E-state index is 14.1. The number of benzene rings is 2. The van der Waals surface area contributed by atoms with Gasteiger partial charge in [0.1, 0.15) is 0 Å². The molecule has 9 nitrogen and oxygen atoms in total. The van der Waals surface area contributed by atoms with Gasteiger partial charge in [0, 0.05) is 29.8 Å². The van der Waals surface area contributed by atoms with E-state index in [1.807, 2.05) is 42.8 Å². The summed E-state index contributed by atoms with van der Waals surface area (Å²) in [5.74, 6) is -0.267. The number of hydrogen-bond donors (Lipinski definition) is 2. The van der Waals surface area contributed by atoms with Crippen molar-refractivity contribution in [2.45, 2.75) is 84.7 Å². The van der Waals surface area contributed by atoms with Gasteiger partial charge < -0.3 is 5.11 Å². The highest BCUT2D eigenvalue weighted by molar-refractivity contribution is 5.80. The number of aromatic amines is 1. The number of aliphatic carboxylic acids is 1. The van der Waals surface area contributed by atoms with Crippen LogP contribution in [0.25, 0.3) is 22.5 Å². The molecule has 40 heavy (non-hydrogen) atoms. The third-order valence-electron chi connectivity index (χ3n) is 8.78. The molecule has 2 N–H and O–H groups in total. The molecule has 5 rings (SSSR count). The number of hydrogen-bond acceptors (Lipinski definition) is 5. The normalized spacial score (nSPS) is 15.2. The monoisotopic (exact) mass is 542 g/mol. The highest BCUT2D eigenvalue weighted by atomic mass is 16.4. The highest BCUT2D eigenvalue weighted by Crippen LogP contribution is 2.43. The van der Waals surface area contributed by atoms with Gasteiger partial charge in [0.15, 0.2) is 0 Å². The molecule has 0 saturated heterocycles. The van der Waals surface area contributed by atoms with E-state index < -0.39 is 11.4 Å². The zero-order valence-electron chi connectivity index (χ0n) is 23.6. The lowest BCUT2D eigenvalue weighted by atomic mass is 9.73. The molecule has 210 valence electrons. The summed E-state index contributed by atoms with van der Waals surface area (Å²) in [5.41, 5.74) is 4.85. The number of fused-ring (bicyclic) bond motifs is 1. The maximum absolute atomic E-state index is 14.1. The van der Waals surface area contributed by atoms with Crippen LogP contribution in [0.2, 0.25) is 0 Å².